The predicted octanol–water partition coefficient (Wildman–Crippen LogP) is 3.24. The molecule has 4 rings (SSSR count). The molecule has 2 aliphatic rings. The summed E-state index contributed by atoms with van der Waals surface area (Å²) in [5, 5.41) is 8.31. The average Bonchev–Trinajstić information content (AvgIpc) is 2.98. The zero-order valence-corrected chi connectivity index (χ0v) is 15.0. The van der Waals surface area contributed by atoms with Gasteiger partial charge in [0.25, 0.3) is 0 Å². The number of hydrogen-bond acceptors (Lipinski definition) is 4. The second kappa shape index (κ2) is 6.14. The Bertz CT molecular complexity index is 736. The summed E-state index contributed by atoms with van der Waals surface area (Å²) in [6, 6.07) is 6.62. The third-order valence-corrected chi connectivity index (χ3v) is 5.98. The van der Waals surface area contributed by atoms with Crippen LogP contribution in [0.25, 0.3) is 5.69 Å². The molecule has 2 aromatic rings. The Hall–Kier alpha value is -1.43. The maximum absolute atomic E-state index is 7.02. The van der Waals surface area contributed by atoms with Crippen LogP contribution in [0.5, 0.6) is 0 Å². The van der Waals surface area contributed by atoms with Gasteiger partial charge in [-0.1, -0.05) is 12.1 Å². The first-order valence-corrected chi connectivity index (χ1v) is 8.90. The van der Waals surface area contributed by atoms with Crippen molar-refractivity contribution in [2.75, 3.05) is 14.2 Å². The molecule has 2 heterocycles. The number of hydrogen-bond donors (Lipinski definition) is 0. The van der Waals surface area contributed by atoms with Crippen molar-refractivity contribution >= 4 is 11.6 Å². The first-order chi connectivity index (χ1) is 11.6. The van der Waals surface area contributed by atoms with Crippen molar-refractivity contribution in [1.29, 1.82) is 0 Å². The van der Waals surface area contributed by atoms with Gasteiger partial charge >= 0.3 is 0 Å². The molecule has 0 bridgehead atoms. The summed E-state index contributed by atoms with van der Waals surface area (Å²) < 4.78 is 7.58. The van der Waals surface area contributed by atoms with Crippen molar-refractivity contribution in [3.63, 3.8) is 0 Å². The summed E-state index contributed by atoms with van der Waals surface area (Å²) in [4.78, 5) is 1.99. The molecule has 0 amide bonds. The first kappa shape index (κ1) is 16.1. The molecular formula is C18H23ClN4O. The Labute approximate surface area is 147 Å². The van der Waals surface area contributed by atoms with Crippen LogP contribution in [0, 0.1) is 0 Å². The molecule has 0 atom stereocenters. The minimum Gasteiger partial charge on any atom is -0.381 e. The molecule has 0 radical (unpaired) electrons. The van der Waals surface area contributed by atoms with E-state index >= 15 is 0 Å². The van der Waals surface area contributed by atoms with Crippen molar-refractivity contribution < 1.29 is 4.74 Å². The molecule has 0 unspecified atom stereocenters. The molecule has 128 valence electrons. The predicted molar refractivity (Wildman–Crippen MR) is 93.3 cm³/mol. The van der Waals surface area contributed by atoms with Crippen LogP contribution in [-0.4, -0.2) is 39.9 Å². The second-order valence-electron chi connectivity index (χ2n) is 7.03. The fourth-order valence-electron chi connectivity index (χ4n) is 3.96. The molecule has 1 aromatic heterocycles. The Morgan fingerprint density at radius 3 is 2.79 bits per heavy atom. The van der Waals surface area contributed by atoms with E-state index in [4.69, 9.17) is 16.3 Å². The number of ether oxygens (including phenoxy) is 1. The molecule has 1 aliphatic heterocycles. The van der Waals surface area contributed by atoms with E-state index in [-0.39, 0.29) is 4.87 Å². The lowest BCUT2D eigenvalue weighted by atomic mass is 9.81. The molecular weight excluding hydrogens is 324 g/mol. The summed E-state index contributed by atoms with van der Waals surface area (Å²) in [5.74, 6) is 0.977. The van der Waals surface area contributed by atoms with Crippen LogP contribution in [0.4, 0.5) is 0 Å². The highest BCUT2D eigenvalue weighted by atomic mass is 35.5. The molecule has 24 heavy (non-hydrogen) atoms. The van der Waals surface area contributed by atoms with E-state index in [1.165, 1.54) is 11.1 Å². The standard InChI is InChI=1S/C18H23ClN4O/c1-22-10-13-9-14(18(19)7-5-15(24-2)6-8-18)3-4-16(13)23-12-20-21-17(23)11-22/h3-4,9,12,15H,5-8,10-11H2,1-2H3. The highest BCUT2D eigenvalue weighted by molar-refractivity contribution is 6.24. The van der Waals surface area contributed by atoms with Crippen molar-refractivity contribution in [2.45, 2.75) is 49.8 Å². The largest absolute Gasteiger partial charge is 0.381 e. The van der Waals surface area contributed by atoms with Crippen LogP contribution in [0.15, 0.2) is 24.5 Å². The van der Waals surface area contributed by atoms with Gasteiger partial charge < -0.3 is 4.74 Å². The van der Waals surface area contributed by atoms with E-state index in [0.29, 0.717) is 6.10 Å². The number of alkyl halides is 1. The number of halogens is 1. The topological polar surface area (TPSA) is 43.2 Å². The summed E-state index contributed by atoms with van der Waals surface area (Å²) in [6.45, 7) is 1.69. The maximum Gasteiger partial charge on any atom is 0.151 e. The van der Waals surface area contributed by atoms with Crippen LogP contribution in [0.2, 0.25) is 0 Å². The van der Waals surface area contributed by atoms with Gasteiger partial charge in [0.15, 0.2) is 5.82 Å². The van der Waals surface area contributed by atoms with Crippen LogP contribution < -0.4 is 0 Å². The Morgan fingerprint density at radius 1 is 1.25 bits per heavy atom. The van der Waals surface area contributed by atoms with Gasteiger partial charge in [-0.3, -0.25) is 9.47 Å². The number of methoxy groups -OCH3 is 1. The molecule has 1 aromatic carbocycles. The van der Waals surface area contributed by atoms with Crippen molar-refractivity contribution in [3.05, 3.63) is 41.5 Å². The quantitative estimate of drug-likeness (QED) is 0.783. The van der Waals surface area contributed by atoms with E-state index < -0.39 is 0 Å². The lowest BCUT2D eigenvalue weighted by Crippen LogP contribution is -2.29. The Kier molecular flexibility index (Phi) is 4.11. The second-order valence-corrected chi connectivity index (χ2v) is 7.76. The Morgan fingerprint density at radius 2 is 2.04 bits per heavy atom. The highest BCUT2D eigenvalue weighted by Crippen LogP contribution is 2.44. The van der Waals surface area contributed by atoms with Gasteiger partial charge in [0.05, 0.1) is 23.2 Å². The zero-order valence-electron chi connectivity index (χ0n) is 14.2. The summed E-state index contributed by atoms with van der Waals surface area (Å²) in [7, 11) is 3.90. The average molecular weight is 347 g/mol. The third kappa shape index (κ3) is 2.75. The molecule has 0 N–H and O–H groups in total. The van der Waals surface area contributed by atoms with Crippen molar-refractivity contribution in [3.8, 4) is 5.69 Å². The van der Waals surface area contributed by atoms with Crippen LogP contribution in [-0.2, 0) is 22.7 Å². The molecule has 0 spiro atoms. The number of rotatable bonds is 2. The summed E-state index contributed by atoms with van der Waals surface area (Å²) in [5.41, 5.74) is 3.67. The van der Waals surface area contributed by atoms with Gasteiger partial charge in [-0.15, -0.1) is 21.8 Å². The maximum atomic E-state index is 7.02. The lowest BCUT2D eigenvalue weighted by molar-refractivity contribution is 0.0609. The fourth-order valence-corrected chi connectivity index (χ4v) is 4.29. The van der Waals surface area contributed by atoms with E-state index in [0.717, 1.165) is 50.3 Å². The molecule has 0 saturated heterocycles. The SMILES string of the molecule is COC1CCC(Cl)(c2ccc3c(c2)CN(C)Cc2nncn2-3)CC1. The van der Waals surface area contributed by atoms with Crippen LogP contribution >= 0.6 is 11.6 Å². The number of nitrogens with zero attached hydrogens (tertiary/aromatic N) is 4. The van der Waals surface area contributed by atoms with Crippen LogP contribution in [0.3, 0.4) is 0 Å². The van der Waals surface area contributed by atoms with Crippen molar-refractivity contribution in [1.82, 2.24) is 19.7 Å². The zero-order chi connectivity index (χ0) is 16.7. The smallest absolute Gasteiger partial charge is 0.151 e. The minimum atomic E-state index is -0.273. The molecule has 1 aliphatic carbocycles. The van der Waals surface area contributed by atoms with Gasteiger partial charge in [-0.05, 0) is 49.9 Å². The van der Waals surface area contributed by atoms with Gasteiger partial charge in [0.2, 0.25) is 0 Å². The highest BCUT2D eigenvalue weighted by Gasteiger charge is 2.35. The van der Waals surface area contributed by atoms with Gasteiger partial charge in [0.1, 0.15) is 6.33 Å². The minimum absolute atomic E-state index is 0.273. The van der Waals surface area contributed by atoms with Crippen molar-refractivity contribution in [2.24, 2.45) is 0 Å². The molecule has 6 heteroatoms. The number of fused-ring (bicyclic) bond motifs is 3. The monoisotopic (exact) mass is 346 g/mol. The van der Waals surface area contributed by atoms with E-state index in [2.05, 4.69) is 44.9 Å². The van der Waals surface area contributed by atoms with Crippen LogP contribution in [0.1, 0.15) is 42.6 Å². The lowest BCUT2D eigenvalue weighted by Gasteiger charge is -2.35. The Balaban J connectivity index is 1.69. The summed E-state index contributed by atoms with van der Waals surface area (Å²) in [6.07, 6.45) is 6.11. The van der Waals surface area contributed by atoms with Gasteiger partial charge in [0, 0.05) is 13.7 Å². The fraction of sp³-hybridized carbons (Fsp3) is 0.556. The first-order valence-electron chi connectivity index (χ1n) is 8.52. The third-order valence-electron chi connectivity index (χ3n) is 5.38. The van der Waals surface area contributed by atoms with Gasteiger partial charge in [-0.2, -0.15) is 0 Å². The van der Waals surface area contributed by atoms with E-state index in [9.17, 15) is 0 Å². The molecule has 1 saturated carbocycles. The van der Waals surface area contributed by atoms with Gasteiger partial charge in [-0.25, -0.2) is 0 Å². The number of benzene rings is 1. The molecule has 5 nitrogen and oxygen atoms in total. The normalized spacial score (nSPS) is 27.4. The van der Waals surface area contributed by atoms with E-state index in [1.807, 2.05) is 0 Å². The molecule has 1 fully saturated rings. The summed E-state index contributed by atoms with van der Waals surface area (Å²) >= 11 is 7.02. The number of aromatic nitrogens is 3. The van der Waals surface area contributed by atoms with E-state index in [1.54, 1.807) is 13.4 Å².